The maximum atomic E-state index is 12.0. The van der Waals surface area contributed by atoms with Gasteiger partial charge in [-0.1, -0.05) is 26.0 Å². The molecule has 7 nitrogen and oxygen atoms in total. The molecule has 0 heterocycles. The summed E-state index contributed by atoms with van der Waals surface area (Å²) in [5, 5.41) is 56.0. The molecule has 0 amide bonds. The maximum absolute atomic E-state index is 12.0. The first-order valence-electron chi connectivity index (χ1n) is 10.6. The van der Waals surface area contributed by atoms with Crippen molar-refractivity contribution in [1.82, 2.24) is 0 Å². The molecule has 7 heteroatoms. The molecule has 4 saturated carbocycles. The third-order valence-corrected chi connectivity index (χ3v) is 9.04. The van der Waals surface area contributed by atoms with E-state index in [0.29, 0.717) is 24.8 Å². The van der Waals surface area contributed by atoms with Crippen molar-refractivity contribution in [3.8, 4) is 0 Å². The third kappa shape index (κ3) is 2.39. The van der Waals surface area contributed by atoms with E-state index in [4.69, 9.17) is 4.74 Å². The highest BCUT2D eigenvalue weighted by molar-refractivity contribution is 5.66. The highest BCUT2D eigenvalue weighted by Crippen LogP contribution is 2.69. The number of aliphatic hydroxyl groups is 5. The van der Waals surface area contributed by atoms with E-state index in [1.165, 1.54) is 6.92 Å². The van der Waals surface area contributed by atoms with Gasteiger partial charge in [0.2, 0.25) is 0 Å². The fourth-order valence-electron chi connectivity index (χ4n) is 7.64. The summed E-state index contributed by atoms with van der Waals surface area (Å²) in [6, 6.07) is 0. The van der Waals surface area contributed by atoms with Crippen LogP contribution in [0, 0.1) is 28.6 Å². The molecule has 0 aromatic heterocycles. The SMILES string of the molecule is C=C1[C@@H]2[C@@H](O)[C@H](O)C(C)(C)[C@@]2(O)[C@H](OC(C)=O)C[C@]23C[C@@](C)(O)[C@H](CC[C@@H]12)[C@H]3O. The summed E-state index contributed by atoms with van der Waals surface area (Å²) >= 11 is 0. The van der Waals surface area contributed by atoms with Crippen LogP contribution in [0.5, 0.6) is 0 Å². The molecule has 1 spiro atoms. The summed E-state index contributed by atoms with van der Waals surface area (Å²) in [6.45, 7) is 10.5. The summed E-state index contributed by atoms with van der Waals surface area (Å²) in [5.41, 5.74) is -4.27. The molecule has 0 radical (unpaired) electrons. The van der Waals surface area contributed by atoms with Crippen LogP contribution in [0.25, 0.3) is 0 Å². The minimum absolute atomic E-state index is 0.139. The molecule has 0 saturated heterocycles. The molecule has 10 atom stereocenters. The highest BCUT2D eigenvalue weighted by Gasteiger charge is 2.75. The quantitative estimate of drug-likeness (QED) is 0.315. The van der Waals surface area contributed by atoms with Crippen molar-refractivity contribution in [2.24, 2.45) is 28.6 Å². The lowest BCUT2D eigenvalue weighted by molar-refractivity contribution is -0.198. The van der Waals surface area contributed by atoms with Crippen LogP contribution in [-0.2, 0) is 9.53 Å². The summed E-state index contributed by atoms with van der Waals surface area (Å²) in [4.78, 5) is 12.0. The second kappa shape index (κ2) is 6.04. The number of hydrogen-bond donors (Lipinski definition) is 5. The molecule has 0 aromatic carbocycles. The normalized spacial score (nSPS) is 55.8. The first-order chi connectivity index (χ1) is 13.2. The lowest BCUT2D eigenvalue weighted by Gasteiger charge is -2.47. The number of hydrogen-bond acceptors (Lipinski definition) is 7. The first-order valence-corrected chi connectivity index (χ1v) is 10.6. The minimum Gasteiger partial charge on any atom is -0.459 e. The molecule has 0 aromatic rings. The maximum Gasteiger partial charge on any atom is 0.303 e. The number of esters is 1. The number of carbonyl (C=O) groups excluding carboxylic acids is 1. The molecule has 5 N–H and O–H groups in total. The van der Waals surface area contributed by atoms with E-state index in [2.05, 4.69) is 6.58 Å². The second-order valence-electron chi connectivity index (χ2n) is 10.8. The van der Waals surface area contributed by atoms with Crippen LogP contribution < -0.4 is 0 Å². The molecular weight excluding hydrogens is 376 g/mol. The predicted molar refractivity (Wildman–Crippen MR) is 103 cm³/mol. The van der Waals surface area contributed by atoms with Gasteiger partial charge in [-0.15, -0.1) is 0 Å². The summed E-state index contributed by atoms with van der Waals surface area (Å²) in [7, 11) is 0. The smallest absolute Gasteiger partial charge is 0.303 e. The Bertz CT molecular complexity index is 745. The van der Waals surface area contributed by atoms with Gasteiger partial charge in [0, 0.05) is 29.6 Å². The Labute approximate surface area is 171 Å². The third-order valence-electron chi connectivity index (χ3n) is 9.04. The Morgan fingerprint density at radius 3 is 2.31 bits per heavy atom. The average Bonchev–Trinajstić information content (AvgIpc) is 2.76. The standard InChI is InChI=1S/C22H34O7/c1-10-12-6-7-13-17(25)21(12,9-20(13,5)27)8-14(29-11(2)23)22(28)15(10)16(24)18(26)19(22,3)4/h12-18,24-28H,1,6-9H2,2-5H3/t12-,13+,14+,15+,16+,17+,18-,20+,21-,22+/m0/s1. The Morgan fingerprint density at radius 1 is 1.10 bits per heavy atom. The predicted octanol–water partition coefficient (Wildman–Crippen LogP) is 0.515. The zero-order valence-corrected chi connectivity index (χ0v) is 17.6. The van der Waals surface area contributed by atoms with E-state index in [0.717, 1.165) is 0 Å². The van der Waals surface area contributed by atoms with Gasteiger partial charge in [-0.2, -0.15) is 0 Å². The second-order valence-corrected chi connectivity index (χ2v) is 10.8. The molecule has 4 rings (SSSR count). The highest BCUT2D eigenvalue weighted by atomic mass is 16.6. The molecule has 0 unspecified atom stereocenters. The van der Waals surface area contributed by atoms with Gasteiger partial charge in [-0.3, -0.25) is 4.79 Å². The van der Waals surface area contributed by atoms with Crippen LogP contribution in [0.1, 0.15) is 53.4 Å². The Morgan fingerprint density at radius 2 is 1.72 bits per heavy atom. The van der Waals surface area contributed by atoms with E-state index < -0.39 is 58.3 Å². The first kappa shape index (κ1) is 21.2. The largest absolute Gasteiger partial charge is 0.459 e. The van der Waals surface area contributed by atoms with Gasteiger partial charge in [0.1, 0.15) is 11.7 Å². The van der Waals surface area contributed by atoms with Gasteiger partial charge in [-0.05, 0) is 38.5 Å². The molecule has 0 aliphatic heterocycles. The van der Waals surface area contributed by atoms with Gasteiger partial charge < -0.3 is 30.3 Å². The van der Waals surface area contributed by atoms with Gasteiger partial charge in [0.05, 0.1) is 23.9 Å². The molecule has 29 heavy (non-hydrogen) atoms. The van der Waals surface area contributed by atoms with Crippen molar-refractivity contribution in [2.45, 2.75) is 89.0 Å². The Kier molecular flexibility index (Phi) is 4.42. The van der Waals surface area contributed by atoms with Crippen molar-refractivity contribution in [1.29, 1.82) is 0 Å². The van der Waals surface area contributed by atoms with Crippen molar-refractivity contribution in [2.75, 3.05) is 0 Å². The monoisotopic (exact) mass is 410 g/mol. The fourth-order valence-corrected chi connectivity index (χ4v) is 7.64. The fraction of sp³-hybridized carbons (Fsp3) is 0.864. The number of rotatable bonds is 1. The van der Waals surface area contributed by atoms with E-state index in [1.54, 1.807) is 20.8 Å². The number of aliphatic hydroxyl groups excluding tert-OH is 3. The molecular formula is C22H34O7. The molecule has 4 fully saturated rings. The number of ether oxygens (including phenoxy) is 1. The van der Waals surface area contributed by atoms with Crippen molar-refractivity contribution in [3.05, 3.63) is 12.2 Å². The molecule has 2 bridgehead atoms. The lowest BCUT2D eigenvalue weighted by atomic mass is 9.61. The van der Waals surface area contributed by atoms with E-state index >= 15 is 0 Å². The van der Waals surface area contributed by atoms with Gasteiger partial charge >= 0.3 is 5.97 Å². The van der Waals surface area contributed by atoms with Crippen LogP contribution in [0.15, 0.2) is 12.2 Å². The van der Waals surface area contributed by atoms with Crippen LogP contribution in [0.4, 0.5) is 0 Å². The van der Waals surface area contributed by atoms with Crippen LogP contribution >= 0.6 is 0 Å². The van der Waals surface area contributed by atoms with E-state index in [1.807, 2.05) is 0 Å². The average molecular weight is 411 g/mol. The van der Waals surface area contributed by atoms with Crippen LogP contribution in [0.2, 0.25) is 0 Å². The Balaban J connectivity index is 1.92. The summed E-state index contributed by atoms with van der Waals surface area (Å²) in [6.07, 6.45) is -2.70. The van der Waals surface area contributed by atoms with Gasteiger partial charge in [0.15, 0.2) is 0 Å². The topological polar surface area (TPSA) is 127 Å². The van der Waals surface area contributed by atoms with Gasteiger partial charge in [-0.25, -0.2) is 0 Å². The molecule has 4 aliphatic rings. The zero-order valence-electron chi connectivity index (χ0n) is 17.6. The zero-order chi connectivity index (χ0) is 21.7. The van der Waals surface area contributed by atoms with E-state index in [-0.39, 0.29) is 18.3 Å². The number of fused-ring (bicyclic) bond motifs is 2. The minimum atomic E-state index is -1.76. The van der Waals surface area contributed by atoms with E-state index in [9.17, 15) is 30.3 Å². The molecule has 164 valence electrons. The van der Waals surface area contributed by atoms with Crippen molar-refractivity contribution in [3.63, 3.8) is 0 Å². The molecule has 4 aliphatic carbocycles. The van der Waals surface area contributed by atoms with Crippen LogP contribution in [-0.4, -0.2) is 67.1 Å². The van der Waals surface area contributed by atoms with Crippen molar-refractivity contribution < 1.29 is 35.1 Å². The number of carbonyl (C=O) groups is 1. The van der Waals surface area contributed by atoms with Crippen LogP contribution in [0.3, 0.4) is 0 Å². The summed E-state index contributed by atoms with van der Waals surface area (Å²) < 4.78 is 5.63. The van der Waals surface area contributed by atoms with Gasteiger partial charge in [0.25, 0.3) is 0 Å². The lowest BCUT2D eigenvalue weighted by Crippen LogP contribution is -2.58. The summed E-state index contributed by atoms with van der Waals surface area (Å²) in [5.74, 6) is -2.06. The van der Waals surface area contributed by atoms with Crippen molar-refractivity contribution >= 4 is 5.97 Å². The Hall–Kier alpha value is -0.990.